The van der Waals surface area contributed by atoms with Crippen molar-refractivity contribution in [3.63, 3.8) is 0 Å². The average molecular weight is 432 g/mol. The first-order valence-corrected chi connectivity index (χ1v) is 13.0. The minimum atomic E-state index is -0.267. The molecule has 2 saturated carbocycles. The Bertz CT molecular complexity index is 679. The van der Waals surface area contributed by atoms with Gasteiger partial charge in [0.1, 0.15) is 6.10 Å². The highest BCUT2D eigenvalue weighted by atomic mass is 16.5. The van der Waals surface area contributed by atoms with Gasteiger partial charge in [-0.25, -0.2) is 0 Å². The summed E-state index contributed by atoms with van der Waals surface area (Å²) in [6.45, 7) is 6.29. The van der Waals surface area contributed by atoms with Crippen molar-refractivity contribution in [3.8, 4) is 0 Å². The van der Waals surface area contributed by atoms with Crippen LogP contribution in [0.25, 0.3) is 0 Å². The molecule has 0 bridgehead atoms. The molecule has 3 aliphatic heterocycles. The first-order chi connectivity index (χ1) is 15.0. The Labute approximate surface area is 187 Å². The fourth-order valence-corrected chi connectivity index (χ4v) is 7.73. The van der Waals surface area contributed by atoms with Gasteiger partial charge < -0.3 is 19.9 Å². The van der Waals surface area contributed by atoms with Crippen molar-refractivity contribution >= 4 is 11.8 Å². The molecule has 5 fully saturated rings. The zero-order valence-corrected chi connectivity index (χ0v) is 19.4. The minimum Gasteiger partial charge on any atom is -0.368 e. The van der Waals surface area contributed by atoms with Gasteiger partial charge in [0.15, 0.2) is 0 Å². The molecule has 1 N–H and O–H groups in total. The fourth-order valence-electron chi connectivity index (χ4n) is 7.73. The van der Waals surface area contributed by atoms with Crippen LogP contribution in [-0.4, -0.2) is 71.6 Å². The largest absolute Gasteiger partial charge is 0.368 e. The Morgan fingerprint density at radius 2 is 1.74 bits per heavy atom. The lowest BCUT2D eigenvalue weighted by molar-refractivity contribution is -0.160. The summed E-state index contributed by atoms with van der Waals surface area (Å²) in [4.78, 5) is 30.2. The molecule has 174 valence electrons. The second kappa shape index (κ2) is 9.01. The number of fused-ring (bicyclic) bond motifs is 2. The van der Waals surface area contributed by atoms with Crippen LogP contribution in [0, 0.1) is 17.8 Å². The third-order valence-electron chi connectivity index (χ3n) is 9.19. The first-order valence-electron chi connectivity index (χ1n) is 13.0. The number of piperazine rings is 1. The number of piperidine rings is 1. The number of ether oxygens (including phenoxy) is 1. The Hall–Kier alpha value is -1.14. The zero-order chi connectivity index (χ0) is 21.5. The van der Waals surface area contributed by atoms with Gasteiger partial charge in [0.05, 0.1) is 12.1 Å². The van der Waals surface area contributed by atoms with Crippen molar-refractivity contribution in [1.29, 1.82) is 0 Å². The van der Waals surface area contributed by atoms with E-state index in [9.17, 15) is 9.59 Å². The fraction of sp³-hybridized carbons (Fsp3) is 0.920. The predicted octanol–water partition coefficient (Wildman–Crippen LogP) is 2.95. The maximum absolute atomic E-state index is 13.4. The molecule has 8 unspecified atom stereocenters. The molecule has 2 aliphatic carbocycles. The van der Waals surface area contributed by atoms with E-state index in [1.807, 2.05) is 0 Å². The standard InChI is InChI=1S/C25H41N3O3/c1-16-15-27(25(30)24-8-5-11-31-24)23-13-18(9-10-22(23)28(16)17(2)29)20-12-19-6-3-4-7-21(19)26-14-20/h16,18-24,26H,3-15H2,1-2H3. The normalized spacial score (nSPS) is 43.3. The summed E-state index contributed by atoms with van der Waals surface area (Å²) in [6.07, 6.45) is 11.7. The Balaban J connectivity index is 1.33. The highest BCUT2D eigenvalue weighted by Crippen LogP contribution is 2.43. The molecule has 6 heteroatoms. The van der Waals surface area contributed by atoms with Crippen molar-refractivity contribution in [2.75, 3.05) is 19.7 Å². The second-order valence-electron chi connectivity index (χ2n) is 11.0. The molecule has 3 saturated heterocycles. The number of carbonyl (C=O) groups excluding carboxylic acids is 2. The third-order valence-corrected chi connectivity index (χ3v) is 9.19. The van der Waals surface area contributed by atoms with Gasteiger partial charge >= 0.3 is 0 Å². The van der Waals surface area contributed by atoms with E-state index in [-0.39, 0.29) is 36.0 Å². The molecule has 31 heavy (non-hydrogen) atoms. The van der Waals surface area contributed by atoms with Crippen molar-refractivity contribution in [2.24, 2.45) is 17.8 Å². The minimum absolute atomic E-state index is 0.0833. The summed E-state index contributed by atoms with van der Waals surface area (Å²) in [7, 11) is 0. The van der Waals surface area contributed by atoms with Crippen LogP contribution in [0.15, 0.2) is 0 Å². The van der Waals surface area contributed by atoms with E-state index in [1.54, 1.807) is 6.92 Å². The molecular weight excluding hydrogens is 390 g/mol. The smallest absolute Gasteiger partial charge is 0.252 e. The van der Waals surface area contributed by atoms with Gasteiger partial charge in [0, 0.05) is 32.2 Å². The molecule has 0 aromatic carbocycles. The highest BCUT2D eigenvalue weighted by Gasteiger charge is 2.49. The number of rotatable bonds is 2. The van der Waals surface area contributed by atoms with E-state index < -0.39 is 0 Å². The summed E-state index contributed by atoms with van der Waals surface area (Å²) in [5, 5.41) is 3.89. The zero-order valence-electron chi connectivity index (χ0n) is 19.4. The molecule has 2 amide bonds. The van der Waals surface area contributed by atoms with Crippen LogP contribution in [0.2, 0.25) is 0 Å². The monoisotopic (exact) mass is 431 g/mol. The SMILES string of the molecule is CC(=O)N1C(C)CN(C(=O)C2CCCO2)C2CC(C3CNC4CCCCC4C3)CCC21. The van der Waals surface area contributed by atoms with E-state index in [4.69, 9.17) is 4.74 Å². The molecule has 0 aromatic heterocycles. The maximum atomic E-state index is 13.4. The second-order valence-corrected chi connectivity index (χ2v) is 11.0. The van der Waals surface area contributed by atoms with E-state index in [0.717, 1.165) is 44.2 Å². The van der Waals surface area contributed by atoms with Gasteiger partial charge in [0.25, 0.3) is 5.91 Å². The van der Waals surface area contributed by atoms with E-state index in [0.29, 0.717) is 25.0 Å². The van der Waals surface area contributed by atoms with Crippen molar-refractivity contribution in [2.45, 2.75) is 108 Å². The molecule has 0 aromatic rings. The van der Waals surface area contributed by atoms with Crippen molar-refractivity contribution in [3.05, 3.63) is 0 Å². The number of hydrogen-bond donors (Lipinski definition) is 1. The lowest BCUT2D eigenvalue weighted by Gasteiger charge is -2.55. The van der Waals surface area contributed by atoms with Gasteiger partial charge in [-0.2, -0.15) is 0 Å². The molecule has 6 nitrogen and oxygen atoms in total. The van der Waals surface area contributed by atoms with Gasteiger partial charge in [-0.05, 0) is 82.6 Å². The molecule has 0 spiro atoms. The quantitative estimate of drug-likeness (QED) is 0.730. The average Bonchev–Trinajstić information content (AvgIpc) is 3.32. The summed E-state index contributed by atoms with van der Waals surface area (Å²) >= 11 is 0. The predicted molar refractivity (Wildman–Crippen MR) is 119 cm³/mol. The van der Waals surface area contributed by atoms with Gasteiger partial charge in [-0.1, -0.05) is 12.8 Å². The van der Waals surface area contributed by atoms with E-state index in [1.165, 1.54) is 38.5 Å². The summed E-state index contributed by atoms with van der Waals surface area (Å²) in [5.74, 6) is 2.55. The molecule has 5 aliphatic rings. The summed E-state index contributed by atoms with van der Waals surface area (Å²) in [5.41, 5.74) is 0. The molecule has 0 radical (unpaired) electrons. The summed E-state index contributed by atoms with van der Waals surface area (Å²) in [6, 6.07) is 1.14. The van der Waals surface area contributed by atoms with E-state index >= 15 is 0 Å². The third kappa shape index (κ3) is 4.15. The van der Waals surface area contributed by atoms with Crippen LogP contribution >= 0.6 is 0 Å². The number of nitrogens with one attached hydrogen (secondary N) is 1. The van der Waals surface area contributed by atoms with Gasteiger partial charge in [-0.3, -0.25) is 9.59 Å². The van der Waals surface area contributed by atoms with Crippen LogP contribution in [0.4, 0.5) is 0 Å². The van der Waals surface area contributed by atoms with E-state index in [2.05, 4.69) is 22.0 Å². The van der Waals surface area contributed by atoms with Crippen LogP contribution in [0.1, 0.15) is 78.1 Å². The number of carbonyl (C=O) groups is 2. The lowest BCUT2D eigenvalue weighted by atomic mass is 9.67. The molecular formula is C25H41N3O3. The summed E-state index contributed by atoms with van der Waals surface area (Å²) < 4.78 is 5.78. The van der Waals surface area contributed by atoms with Gasteiger partial charge in [0.2, 0.25) is 5.91 Å². The lowest BCUT2D eigenvalue weighted by Crippen LogP contribution is -2.68. The molecule has 3 heterocycles. The molecule has 5 rings (SSSR count). The van der Waals surface area contributed by atoms with Crippen LogP contribution in [0.5, 0.6) is 0 Å². The maximum Gasteiger partial charge on any atom is 0.252 e. The number of hydrogen-bond acceptors (Lipinski definition) is 4. The van der Waals surface area contributed by atoms with Crippen LogP contribution in [-0.2, 0) is 14.3 Å². The highest BCUT2D eigenvalue weighted by molar-refractivity contribution is 5.82. The van der Waals surface area contributed by atoms with Crippen molar-refractivity contribution in [1.82, 2.24) is 15.1 Å². The number of amides is 2. The van der Waals surface area contributed by atoms with Gasteiger partial charge in [-0.15, -0.1) is 0 Å². The first kappa shape index (κ1) is 21.7. The molecule has 8 atom stereocenters. The topological polar surface area (TPSA) is 61.9 Å². The Morgan fingerprint density at radius 3 is 2.52 bits per heavy atom. The van der Waals surface area contributed by atoms with Crippen LogP contribution in [0.3, 0.4) is 0 Å². The Kier molecular flexibility index (Phi) is 6.31. The van der Waals surface area contributed by atoms with Crippen molar-refractivity contribution < 1.29 is 14.3 Å². The number of nitrogens with zero attached hydrogens (tertiary/aromatic N) is 2. The Morgan fingerprint density at radius 1 is 0.903 bits per heavy atom. The van der Waals surface area contributed by atoms with Crippen LogP contribution < -0.4 is 5.32 Å².